The molecule has 8 nitrogen and oxygen atoms in total. The van der Waals surface area contributed by atoms with Gasteiger partial charge in [-0.2, -0.15) is 5.10 Å². The smallest absolute Gasteiger partial charge is 0.225 e. The summed E-state index contributed by atoms with van der Waals surface area (Å²) in [7, 11) is 0. The van der Waals surface area contributed by atoms with E-state index in [4.69, 9.17) is 4.99 Å². The minimum Gasteiger partial charge on any atom is -0.357 e. The molecule has 8 heteroatoms. The number of piperazine rings is 1. The Bertz CT molecular complexity index is 731. The molecule has 1 aliphatic heterocycles. The van der Waals surface area contributed by atoms with Crippen LogP contribution >= 0.6 is 0 Å². The van der Waals surface area contributed by atoms with Crippen molar-refractivity contribution >= 4 is 11.9 Å². The van der Waals surface area contributed by atoms with Gasteiger partial charge in [0, 0.05) is 63.9 Å². The summed E-state index contributed by atoms with van der Waals surface area (Å²) in [6.07, 6.45) is 4.57. The van der Waals surface area contributed by atoms with Crippen molar-refractivity contribution in [2.24, 2.45) is 4.99 Å². The third kappa shape index (κ3) is 5.18. The number of aryl methyl sites for hydroxylation is 3. The molecule has 0 amide bonds. The van der Waals surface area contributed by atoms with E-state index < -0.39 is 0 Å². The molecule has 3 rings (SSSR count). The van der Waals surface area contributed by atoms with Crippen molar-refractivity contribution in [3.8, 4) is 0 Å². The fraction of sp³-hybridized carbons (Fsp3) is 0.579. The molecule has 1 aliphatic rings. The average molecular weight is 371 g/mol. The highest BCUT2D eigenvalue weighted by Gasteiger charge is 2.20. The number of anilines is 1. The van der Waals surface area contributed by atoms with Gasteiger partial charge >= 0.3 is 0 Å². The van der Waals surface area contributed by atoms with Gasteiger partial charge in [-0.05, 0) is 39.3 Å². The van der Waals surface area contributed by atoms with Gasteiger partial charge in [-0.15, -0.1) is 0 Å². The molecule has 0 spiro atoms. The van der Waals surface area contributed by atoms with Crippen molar-refractivity contribution in [1.29, 1.82) is 0 Å². The van der Waals surface area contributed by atoms with Gasteiger partial charge in [0.05, 0.1) is 5.69 Å². The first kappa shape index (κ1) is 19.1. The van der Waals surface area contributed by atoms with Gasteiger partial charge in [-0.1, -0.05) is 0 Å². The monoisotopic (exact) mass is 370 g/mol. The Morgan fingerprint density at radius 2 is 1.89 bits per heavy atom. The molecule has 0 aliphatic carbocycles. The highest BCUT2D eigenvalue weighted by Crippen LogP contribution is 2.10. The second kappa shape index (κ2) is 9.34. The zero-order chi connectivity index (χ0) is 19.1. The molecular weight excluding hydrogens is 340 g/mol. The molecule has 0 atom stereocenters. The number of guanidine groups is 1. The lowest BCUT2D eigenvalue weighted by atomic mass is 10.3. The maximum Gasteiger partial charge on any atom is 0.225 e. The van der Waals surface area contributed by atoms with Gasteiger partial charge in [0.1, 0.15) is 0 Å². The van der Waals surface area contributed by atoms with E-state index in [2.05, 4.69) is 54.8 Å². The number of rotatable bonds is 6. The molecule has 146 valence electrons. The van der Waals surface area contributed by atoms with Crippen molar-refractivity contribution in [2.45, 2.75) is 33.7 Å². The van der Waals surface area contributed by atoms with E-state index in [0.717, 1.165) is 69.8 Å². The van der Waals surface area contributed by atoms with E-state index >= 15 is 0 Å². The minimum absolute atomic E-state index is 0.794. The van der Waals surface area contributed by atoms with E-state index in [1.807, 2.05) is 13.0 Å². The highest BCUT2D eigenvalue weighted by atomic mass is 15.4. The Morgan fingerprint density at radius 1 is 1.15 bits per heavy atom. The van der Waals surface area contributed by atoms with Crippen LogP contribution in [0.15, 0.2) is 29.5 Å². The van der Waals surface area contributed by atoms with Crippen LogP contribution in [0.3, 0.4) is 0 Å². The molecule has 0 saturated carbocycles. The number of hydrogen-bond acceptors (Lipinski definition) is 5. The maximum absolute atomic E-state index is 4.83. The van der Waals surface area contributed by atoms with Gasteiger partial charge in [-0.3, -0.25) is 9.67 Å². The van der Waals surface area contributed by atoms with Crippen LogP contribution < -0.4 is 10.2 Å². The highest BCUT2D eigenvalue weighted by molar-refractivity contribution is 5.80. The van der Waals surface area contributed by atoms with E-state index in [1.165, 1.54) is 5.69 Å². The third-order valence-electron chi connectivity index (χ3n) is 4.64. The van der Waals surface area contributed by atoms with Crippen LogP contribution in [0.25, 0.3) is 0 Å². The van der Waals surface area contributed by atoms with Crippen LogP contribution in [0, 0.1) is 13.8 Å². The van der Waals surface area contributed by atoms with Crippen LogP contribution in [0.4, 0.5) is 5.95 Å². The maximum atomic E-state index is 4.83. The van der Waals surface area contributed by atoms with Gasteiger partial charge in [0.2, 0.25) is 5.95 Å². The molecular formula is C19H30N8. The first-order valence-electron chi connectivity index (χ1n) is 9.73. The van der Waals surface area contributed by atoms with Crippen LogP contribution in [0.2, 0.25) is 0 Å². The molecule has 0 radical (unpaired) electrons. The van der Waals surface area contributed by atoms with E-state index in [0.29, 0.717) is 0 Å². The zero-order valence-corrected chi connectivity index (χ0v) is 16.6. The van der Waals surface area contributed by atoms with Crippen molar-refractivity contribution in [3.63, 3.8) is 0 Å². The molecule has 0 aromatic carbocycles. The van der Waals surface area contributed by atoms with Crippen LogP contribution in [-0.2, 0) is 6.54 Å². The predicted molar refractivity (Wildman–Crippen MR) is 108 cm³/mol. The molecule has 27 heavy (non-hydrogen) atoms. The lowest BCUT2D eigenvalue weighted by Gasteiger charge is -2.36. The average Bonchev–Trinajstić information content (AvgIpc) is 3.02. The second-order valence-electron chi connectivity index (χ2n) is 6.76. The number of nitrogens with one attached hydrogen (secondary N) is 1. The first-order valence-corrected chi connectivity index (χ1v) is 9.73. The van der Waals surface area contributed by atoms with Gasteiger partial charge < -0.3 is 15.1 Å². The molecule has 1 N–H and O–H groups in total. The predicted octanol–water partition coefficient (Wildman–Crippen LogP) is 1.47. The summed E-state index contributed by atoms with van der Waals surface area (Å²) in [6, 6.07) is 3.96. The van der Waals surface area contributed by atoms with Crippen molar-refractivity contribution in [3.05, 3.63) is 35.9 Å². The Hall–Kier alpha value is -2.64. The van der Waals surface area contributed by atoms with Gasteiger partial charge in [-0.25, -0.2) is 9.97 Å². The van der Waals surface area contributed by atoms with Crippen LogP contribution in [-0.4, -0.2) is 69.9 Å². The fourth-order valence-electron chi connectivity index (χ4n) is 3.31. The second-order valence-corrected chi connectivity index (χ2v) is 6.76. The quantitative estimate of drug-likeness (QED) is 0.471. The fourth-order valence-corrected chi connectivity index (χ4v) is 3.31. The van der Waals surface area contributed by atoms with E-state index in [-0.39, 0.29) is 0 Å². The molecule has 1 saturated heterocycles. The Kier molecular flexibility index (Phi) is 6.62. The summed E-state index contributed by atoms with van der Waals surface area (Å²) in [6.45, 7) is 12.5. The summed E-state index contributed by atoms with van der Waals surface area (Å²) < 4.78 is 2.07. The van der Waals surface area contributed by atoms with Crippen molar-refractivity contribution in [1.82, 2.24) is 30.0 Å². The summed E-state index contributed by atoms with van der Waals surface area (Å²) in [5, 5.41) is 7.94. The Morgan fingerprint density at radius 3 is 2.52 bits per heavy atom. The molecule has 0 bridgehead atoms. The first-order chi connectivity index (χ1) is 13.2. The summed E-state index contributed by atoms with van der Waals surface area (Å²) in [5.41, 5.74) is 2.28. The van der Waals surface area contributed by atoms with E-state index in [1.54, 1.807) is 12.4 Å². The Balaban J connectivity index is 1.51. The van der Waals surface area contributed by atoms with Gasteiger partial charge in [0.25, 0.3) is 0 Å². The van der Waals surface area contributed by atoms with E-state index in [9.17, 15) is 0 Å². The number of aromatic nitrogens is 4. The zero-order valence-electron chi connectivity index (χ0n) is 16.6. The number of nitrogens with zero attached hydrogens (tertiary/aromatic N) is 7. The lowest BCUT2D eigenvalue weighted by molar-refractivity contribution is 0.370. The van der Waals surface area contributed by atoms with Crippen LogP contribution in [0.1, 0.15) is 24.7 Å². The summed E-state index contributed by atoms with van der Waals surface area (Å²) in [5.74, 6) is 1.81. The van der Waals surface area contributed by atoms with Crippen molar-refractivity contribution in [2.75, 3.05) is 44.2 Å². The minimum atomic E-state index is 0.794. The SMILES string of the molecule is CCNC(=NCCCn1nc(C)cc1C)N1CCN(c2ncccn2)CC1. The largest absolute Gasteiger partial charge is 0.357 e. The van der Waals surface area contributed by atoms with Crippen LogP contribution in [0.5, 0.6) is 0 Å². The molecule has 1 fully saturated rings. The van der Waals surface area contributed by atoms with Gasteiger partial charge in [0.15, 0.2) is 5.96 Å². The Labute approximate surface area is 161 Å². The summed E-state index contributed by atoms with van der Waals surface area (Å²) in [4.78, 5) is 18.1. The number of aliphatic imine (C=N–C) groups is 1. The topological polar surface area (TPSA) is 74.5 Å². The number of hydrogen-bond donors (Lipinski definition) is 1. The molecule has 2 aromatic heterocycles. The molecule has 0 unspecified atom stereocenters. The third-order valence-corrected chi connectivity index (χ3v) is 4.64. The lowest BCUT2D eigenvalue weighted by Crippen LogP contribution is -2.53. The standard InChI is InChI=1S/C19H30N8/c1-4-20-18(23-9-6-10-27-17(3)15-16(2)24-27)25-11-13-26(14-12-25)19-21-7-5-8-22-19/h5,7-8,15H,4,6,9-14H2,1-3H3,(H,20,23). The normalized spacial score (nSPS) is 15.3. The van der Waals surface area contributed by atoms with Crippen molar-refractivity contribution < 1.29 is 0 Å². The summed E-state index contributed by atoms with van der Waals surface area (Å²) >= 11 is 0. The molecule has 3 heterocycles. The molecule has 2 aromatic rings.